The topological polar surface area (TPSA) is 78.4 Å². The van der Waals surface area contributed by atoms with Crippen LogP contribution in [0.5, 0.6) is 0 Å². The molecule has 0 saturated heterocycles. The largest absolute Gasteiger partial charge is 0.480 e. The van der Waals surface area contributed by atoms with Gasteiger partial charge in [-0.05, 0) is 18.6 Å². The van der Waals surface area contributed by atoms with E-state index < -0.39 is 23.9 Å². The van der Waals surface area contributed by atoms with Crippen LogP contribution in [0.25, 0.3) is 0 Å². The van der Waals surface area contributed by atoms with Gasteiger partial charge in [0, 0.05) is 0 Å². The number of amides is 2. The van der Waals surface area contributed by atoms with Crippen molar-refractivity contribution < 1.29 is 19.1 Å². The smallest absolute Gasteiger partial charge is 0.326 e. The van der Waals surface area contributed by atoms with Gasteiger partial charge in [-0.1, -0.05) is 36.5 Å². The number of benzene rings is 1. The predicted molar refractivity (Wildman–Crippen MR) is 74.9 cm³/mol. The molecule has 1 unspecified atom stereocenters. The Hall–Kier alpha value is -1.53. The van der Waals surface area contributed by atoms with Gasteiger partial charge in [-0.25, -0.2) is 14.0 Å². The molecule has 0 aliphatic carbocycles. The molecule has 1 aromatic carbocycles. The van der Waals surface area contributed by atoms with Crippen LogP contribution in [0.2, 0.25) is 10.0 Å². The fraction of sp³-hybridized carbons (Fsp3) is 0.333. The maximum absolute atomic E-state index is 13.0. The molecule has 0 aliphatic heterocycles. The highest BCUT2D eigenvalue weighted by Crippen LogP contribution is 2.31. The number of hydrogen-bond acceptors (Lipinski definition) is 2. The average molecular weight is 323 g/mol. The predicted octanol–water partition coefficient (Wildman–Crippen LogP) is 3.51. The monoisotopic (exact) mass is 322 g/mol. The van der Waals surface area contributed by atoms with Crippen LogP contribution >= 0.6 is 23.2 Å². The normalized spacial score (nSPS) is 11.8. The Labute approximate surface area is 125 Å². The summed E-state index contributed by atoms with van der Waals surface area (Å²) in [5.41, 5.74) is 0.0212. The number of nitrogens with one attached hydrogen (secondary N) is 2. The third kappa shape index (κ3) is 4.54. The molecule has 1 aromatic rings. The second kappa shape index (κ2) is 7.31. The van der Waals surface area contributed by atoms with Gasteiger partial charge < -0.3 is 15.7 Å². The zero-order chi connectivity index (χ0) is 15.3. The molecule has 0 spiro atoms. The van der Waals surface area contributed by atoms with Crippen molar-refractivity contribution in [2.75, 3.05) is 5.32 Å². The SMILES string of the molecule is CCCC(NC(=O)Nc1c(Cl)cc(F)cc1Cl)C(=O)O. The molecule has 1 rings (SSSR count). The molecule has 20 heavy (non-hydrogen) atoms. The Bertz CT molecular complexity index is 502. The van der Waals surface area contributed by atoms with E-state index in [0.29, 0.717) is 6.42 Å². The van der Waals surface area contributed by atoms with Gasteiger partial charge in [-0.3, -0.25) is 0 Å². The Morgan fingerprint density at radius 3 is 2.35 bits per heavy atom. The van der Waals surface area contributed by atoms with Crippen LogP contribution < -0.4 is 10.6 Å². The highest BCUT2D eigenvalue weighted by Gasteiger charge is 2.20. The van der Waals surface area contributed by atoms with Crippen LogP contribution in [-0.4, -0.2) is 23.1 Å². The first-order valence-corrected chi connectivity index (χ1v) is 6.55. The van der Waals surface area contributed by atoms with Crippen LogP contribution in [-0.2, 0) is 4.79 Å². The molecule has 0 bridgehead atoms. The molecular formula is C12H13Cl2FN2O3. The van der Waals surface area contributed by atoms with Gasteiger partial charge in [0.15, 0.2) is 0 Å². The highest BCUT2D eigenvalue weighted by molar-refractivity contribution is 6.39. The first-order valence-electron chi connectivity index (χ1n) is 5.80. The van der Waals surface area contributed by atoms with Crippen molar-refractivity contribution in [2.24, 2.45) is 0 Å². The zero-order valence-corrected chi connectivity index (χ0v) is 12.1. The molecule has 110 valence electrons. The number of carboxylic acid groups (broad SMARTS) is 1. The first-order chi connectivity index (χ1) is 9.35. The van der Waals surface area contributed by atoms with Crippen molar-refractivity contribution in [1.29, 1.82) is 0 Å². The van der Waals surface area contributed by atoms with E-state index in [4.69, 9.17) is 28.3 Å². The molecule has 0 heterocycles. The molecule has 3 N–H and O–H groups in total. The minimum atomic E-state index is -1.14. The molecule has 5 nitrogen and oxygen atoms in total. The summed E-state index contributed by atoms with van der Waals surface area (Å²) in [6, 6.07) is 0.187. The number of aliphatic carboxylic acids is 1. The Morgan fingerprint density at radius 1 is 1.35 bits per heavy atom. The van der Waals surface area contributed by atoms with Crippen molar-refractivity contribution in [3.8, 4) is 0 Å². The number of carbonyl (C=O) groups excluding carboxylic acids is 1. The third-order valence-electron chi connectivity index (χ3n) is 2.43. The minimum Gasteiger partial charge on any atom is -0.480 e. The number of urea groups is 1. The lowest BCUT2D eigenvalue weighted by molar-refractivity contribution is -0.139. The summed E-state index contributed by atoms with van der Waals surface area (Å²) in [5.74, 6) is -1.78. The molecule has 0 radical (unpaired) electrons. The lowest BCUT2D eigenvalue weighted by atomic mass is 10.2. The van der Waals surface area contributed by atoms with E-state index in [9.17, 15) is 14.0 Å². The van der Waals surface area contributed by atoms with Crippen molar-refractivity contribution in [1.82, 2.24) is 5.32 Å². The minimum absolute atomic E-state index is 0.0212. The van der Waals surface area contributed by atoms with E-state index in [0.717, 1.165) is 12.1 Å². The van der Waals surface area contributed by atoms with E-state index in [-0.39, 0.29) is 22.2 Å². The molecule has 0 aliphatic rings. The number of halogens is 3. The summed E-state index contributed by atoms with van der Waals surface area (Å²) >= 11 is 11.5. The maximum Gasteiger partial charge on any atom is 0.326 e. The molecule has 0 fully saturated rings. The second-order valence-electron chi connectivity index (χ2n) is 4.02. The second-order valence-corrected chi connectivity index (χ2v) is 4.84. The van der Waals surface area contributed by atoms with Crippen LogP contribution in [0.15, 0.2) is 12.1 Å². The fourth-order valence-corrected chi connectivity index (χ4v) is 2.07. The van der Waals surface area contributed by atoms with Crippen molar-refractivity contribution in [2.45, 2.75) is 25.8 Å². The van der Waals surface area contributed by atoms with E-state index >= 15 is 0 Å². The average Bonchev–Trinajstić information content (AvgIpc) is 2.33. The standard InChI is InChI=1S/C12H13Cl2FN2O3/c1-2-3-9(11(18)19)16-12(20)17-10-7(13)4-6(15)5-8(10)14/h4-5,9H,2-3H2,1H3,(H,18,19)(H2,16,17,20). The van der Waals surface area contributed by atoms with Crippen LogP contribution in [0, 0.1) is 5.82 Å². The Kier molecular flexibility index (Phi) is 6.04. The van der Waals surface area contributed by atoms with Crippen molar-refractivity contribution in [3.05, 3.63) is 28.0 Å². The van der Waals surface area contributed by atoms with Gasteiger partial charge in [0.2, 0.25) is 0 Å². The zero-order valence-electron chi connectivity index (χ0n) is 10.5. The molecular weight excluding hydrogens is 310 g/mol. The third-order valence-corrected chi connectivity index (χ3v) is 3.02. The number of carboxylic acids is 1. The lowest BCUT2D eigenvalue weighted by Gasteiger charge is -2.15. The molecule has 2 amide bonds. The summed E-state index contributed by atoms with van der Waals surface area (Å²) in [5, 5.41) is 13.3. The summed E-state index contributed by atoms with van der Waals surface area (Å²) < 4.78 is 13.0. The van der Waals surface area contributed by atoms with E-state index in [1.165, 1.54) is 0 Å². The molecule has 8 heteroatoms. The summed E-state index contributed by atoms with van der Waals surface area (Å²) in [4.78, 5) is 22.6. The van der Waals surface area contributed by atoms with Crippen molar-refractivity contribution >= 4 is 40.9 Å². The summed E-state index contributed by atoms with van der Waals surface area (Å²) in [7, 11) is 0. The number of anilines is 1. The summed E-state index contributed by atoms with van der Waals surface area (Å²) in [6.07, 6.45) is 0.878. The van der Waals surface area contributed by atoms with E-state index in [1.807, 2.05) is 0 Å². The number of hydrogen-bond donors (Lipinski definition) is 3. The van der Waals surface area contributed by atoms with Gasteiger partial charge in [-0.15, -0.1) is 0 Å². The first kappa shape index (κ1) is 16.5. The van der Waals surface area contributed by atoms with Crippen molar-refractivity contribution in [3.63, 3.8) is 0 Å². The van der Waals surface area contributed by atoms with Gasteiger partial charge in [0.25, 0.3) is 0 Å². The van der Waals surface area contributed by atoms with Gasteiger partial charge >= 0.3 is 12.0 Å². The lowest BCUT2D eigenvalue weighted by Crippen LogP contribution is -2.42. The van der Waals surface area contributed by atoms with E-state index in [2.05, 4.69) is 10.6 Å². The Balaban J connectivity index is 2.78. The van der Waals surface area contributed by atoms with Crippen LogP contribution in [0.4, 0.5) is 14.9 Å². The molecule has 0 saturated carbocycles. The Morgan fingerprint density at radius 2 is 1.90 bits per heavy atom. The maximum atomic E-state index is 13.0. The molecule has 0 aromatic heterocycles. The van der Waals surface area contributed by atoms with Crippen LogP contribution in [0.3, 0.4) is 0 Å². The quantitative estimate of drug-likeness (QED) is 0.776. The number of carbonyl (C=O) groups is 2. The number of rotatable bonds is 5. The highest BCUT2D eigenvalue weighted by atomic mass is 35.5. The van der Waals surface area contributed by atoms with Gasteiger partial charge in [-0.2, -0.15) is 0 Å². The van der Waals surface area contributed by atoms with Gasteiger partial charge in [0.1, 0.15) is 11.9 Å². The summed E-state index contributed by atoms with van der Waals surface area (Å²) in [6.45, 7) is 1.79. The van der Waals surface area contributed by atoms with Crippen LogP contribution in [0.1, 0.15) is 19.8 Å². The fourth-order valence-electron chi connectivity index (χ4n) is 1.52. The van der Waals surface area contributed by atoms with Gasteiger partial charge in [0.05, 0.1) is 15.7 Å². The van der Waals surface area contributed by atoms with E-state index in [1.54, 1.807) is 6.92 Å². The molecule has 1 atom stereocenters.